The molecule has 1 atom stereocenters. The molecule has 0 bridgehead atoms. The average molecular weight is 384 g/mol. The number of nitrogens with zero attached hydrogens (tertiary/aromatic N) is 3. The normalized spacial score (nSPS) is 12.2. The van der Waals surface area contributed by atoms with Crippen LogP contribution in [-0.2, 0) is 9.59 Å². The Bertz CT molecular complexity index is 882. The van der Waals surface area contributed by atoms with Crippen LogP contribution in [-0.4, -0.2) is 23.4 Å². The number of carbonyl (C=O) groups is 2. The Morgan fingerprint density at radius 2 is 1.79 bits per heavy atom. The third-order valence-electron chi connectivity index (χ3n) is 4.07. The number of anilines is 2. The van der Waals surface area contributed by atoms with E-state index in [1.807, 2.05) is 20.8 Å². The van der Waals surface area contributed by atoms with Crippen molar-refractivity contribution in [3.63, 3.8) is 0 Å². The first-order valence-corrected chi connectivity index (χ1v) is 8.80. The Morgan fingerprint density at radius 1 is 1.11 bits per heavy atom. The number of benzene rings is 1. The molecule has 1 aromatic heterocycles. The summed E-state index contributed by atoms with van der Waals surface area (Å²) in [6, 6.07) is 9.91. The van der Waals surface area contributed by atoms with Crippen LogP contribution in [0.15, 0.2) is 46.6 Å². The lowest BCUT2D eigenvalue weighted by Gasteiger charge is -2.14. The van der Waals surface area contributed by atoms with Crippen LogP contribution < -0.4 is 21.5 Å². The van der Waals surface area contributed by atoms with E-state index >= 15 is 0 Å². The maximum absolute atomic E-state index is 12.2. The fourth-order valence-corrected chi connectivity index (χ4v) is 2.02. The highest BCUT2D eigenvalue weighted by atomic mass is 16.5. The number of para-hydroxylation sites is 1. The molecule has 1 amide bonds. The Balaban J connectivity index is 2.18. The lowest BCUT2D eigenvalue weighted by Crippen LogP contribution is -2.22. The predicted octanol–water partition coefficient (Wildman–Crippen LogP) is 3.17. The molecule has 148 valence electrons. The molecule has 0 radical (unpaired) electrons. The summed E-state index contributed by atoms with van der Waals surface area (Å²) < 4.78 is 5.46. The van der Waals surface area contributed by atoms with Crippen molar-refractivity contribution in [3.8, 4) is 5.75 Å². The van der Waals surface area contributed by atoms with Gasteiger partial charge in [0, 0.05) is 0 Å². The van der Waals surface area contributed by atoms with Gasteiger partial charge < -0.3 is 21.5 Å². The number of nitrogens with two attached hydrogens (primary N) is 2. The van der Waals surface area contributed by atoms with Crippen LogP contribution in [0.5, 0.6) is 5.75 Å². The molecule has 2 rings (SSSR count). The second kappa shape index (κ2) is 9.56. The Morgan fingerprint density at radius 3 is 2.43 bits per heavy atom. The molecule has 0 aliphatic carbocycles. The molecule has 0 aliphatic heterocycles. The van der Waals surface area contributed by atoms with Crippen LogP contribution >= 0.6 is 0 Å². The summed E-state index contributed by atoms with van der Waals surface area (Å²) in [6.07, 6.45) is 0. The van der Waals surface area contributed by atoms with Crippen molar-refractivity contribution < 1.29 is 14.3 Å². The van der Waals surface area contributed by atoms with E-state index < -0.39 is 0 Å². The largest absolute Gasteiger partial charge is 0.424 e. The number of pyridine rings is 1. The molecule has 0 fully saturated rings. The van der Waals surface area contributed by atoms with Crippen LogP contribution in [0.4, 0.5) is 23.0 Å². The first-order chi connectivity index (χ1) is 13.3. The van der Waals surface area contributed by atoms with Crippen molar-refractivity contribution in [1.82, 2.24) is 4.98 Å². The van der Waals surface area contributed by atoms with Gasteiger partial charge in [0.1, 0.15) is 17.2 Å². The minimum atomic E-state index is -0.382. The molecule has 28 heavy (non-hydrogen) atoms. The molecule has 9 nitrogen and oxygen atoms in total. The van der Waals surface area contributed by atoms with Crippen LogP contribution in [0, 0.1) is 11.8 Å². The van der Waals surface area contributed by atoms with Gasteiger partial charge in [0.15, 0.2) is 11.6 Å². The molecule has 2 aromatic rings. The number of rotatable bonds is 7. The summed E-state index contributed by atoms with van der Waals surface area (Å²) in [7, 11) is 0. The second-order valence-corrected chi connectivity index (χ2v) is 6.47. The number of hydrogen-bond donors (Lipinski definition) is 3. The maximum atomic E-state index is 12.2. The van der Waals surface area contributed by atoms with Crippen molar-refractivity contribution in [2.45, 2.75) is 20.8 Å². The zero-order valence-electron chi connectivity index (χ0n) is 16.0. The molecule has 0 aliphatic rings. The number of nitrogen functional groups attached to an aromatic ring is 1. The van der Waals surface area contributed by atoms with Gasteiger partial charge in [0.05, 0.1) is 12.5 Å². The van der Waals surface area contributed by atoms with E-state index in [0.29, 0.717) is 17.1 Å². The SMILES string of the molecule is CC(C)[C@H](C)C(=O)Oc1ccccc1N=Nc1ccc(NC(=O)CN)nc1N. The third kappa shape index (κ3) is 5.58. The molecule has 9 heteroatoms. The quantitative estimate of drug-likeness (QED) is 0.380. The average Bonchev–Trinajstić information content (AvgIpc) is 2.67. The second-order valence-electron chi connectivity index (χ2n) is 6.47. The highest BCUT2D eigenvalue weighted by Gasteiger charge is 2.20. The van der Waals surface area contributed by atoms with Gasteiger partial charge in [-0.05, 0) is 30.2 Å². The van der Waals surface area contributed by atoms with Gasteiger partial charge in [-0.1, -0.05) is 32.9 Å². The third-order valence-corrected chi connectivity index (χ3v) is 4.07. The minimum absolute atomic E-state index is 0.0847. The van der Waals surface area contributed by atoms with Crippen molar-refractivity contribution in [3.05, 3.63) is 36.4 Å². The molecule has 0 unspecified atom stereocenters. The zero-order chi connectivity index (χ0) is 20.7. The van der Waals surface area contributed by atoms with E-state index in [1.54, 1.807) is 30.3 Å². The number of azo groups is 1. The van der Waals surface area contributed by atoms with Crippen molar-refractivity contribution in [2.24, 2.45) is 27.8 Å². The molecule has 5 N–H and O–H groups in total. The summed E-state index contributed by atoms with van der Waals surface area (Å²) in [4.78, 5) is 27.6. The van der Waals surface area contributed by atoms with E-state index in [-0.39, 0.29) is 41.9 Å². The van der Waals surface area contributed by atoms with Gasteiger partial charge in [-0.15, -0.1) is 10.2 Å². The van der Waals surface area contributed by atoms with Gasteiger partial charge in [0.25, 0.3) is 0 Å². The number of nitrogens with one attached hydrogen (secondary N) is 1. The number of ether oxygens (including phenoxy) is 1. The smallest absolute Gasteiger partial charge is 0.314 e. The summed E-state index contributed by atoms with van der Waals surface area (Å²) in [6.45, 7) is 5.56. The zero-order valence-corrected chi connectivity index (χ0v) is 16.0. The number of esters is 1. The van der Waals surface area contributed by atoms with Crippen molar-refractivity contribution >= 4 is 34.9 Å². The minimum Gasteiger partial charge on any atom is -0.424 e. The summed E-state index contributed by atoms with van der Waals surface area (Å²) >= 11 is 0. The fourth-order valence-electron chi connectivity index (χ4n) is 2.02. The van der Waals surface area contributed by atoms with Gasteiger partial charge in [-0.3, -0.25) is 9.59 Å². The topological polar surface area (TPSA) is 145 Å². The lowest BCUT2D eigenvalue weighted by atomic mass is 9.99. The van der Waals surface area contributed by atoms with Crippen LogP contribution in [0.2, 0.25) is 0 Å². The lowest BCUT2D eigenvalue weighted by molar-refractivity contribution is -0.139. The number of hydrogen-bond acceptors (Lipinski definition) is 8. The van der Waals surface area contributed by atoms with Gasteiger partial charge in [-0.25, -0.2) is 4.98 Å². The molecule has 1 aromatic carbocycles. The number of amides is 1. The van der Waals surface area contributed by atoms with E-state index in [1.165, 1.54) is 6.07 Å². The molecule has 1 heterocycles. The highest BCUT2D eigenvalue weighted by Crippen LogP contribution is 2.31. The molecule has 0 saturated heterocycles. The Hall–Kier alpha value is -3.33. The summed E-state index contributed by atoms with van der Waals surface area (Å²) in [5, 5.41) is 10.7. The van der Waals surface area contributed by atoms with Crippen LogP contribution in [0.3, 0.4) is 0 Å². The van der Waals surface area contributed by atoms with Gasteiger partial charge in [-0.2, -0.15) is 0 Å². The molecule has 0 spiro atoms. The van der Waals surface area contributed by atoms with E-state index in [4.69, 9.17) is 16.2 Å². The van der Waals surface area contributed by atoms with Gasteiger partial charge >= 0.3 is 5.97 Å². The van der Waals surface area contributed by atoms with Crippen LogP contribution in [0.25, 0.3) is 0 Å². The molecule has 0 saturated carbocycles. The first-order valence-electron chi connectivity index (χ1n) is 8.80. The van der Waals surface area contributed by atoms with E-state index in [0.717, 1.165) is 0 Å². The Labute approximate surface area is 163 Å². The Kier molecular flexibility index (Phi) is 7.16. The standard InChI is InChI=1S/C19H24N6O3/c1-11(2)12(3)19(27)28-15-7-5-4-6-13(15)24-25-14-8-9-16(23-18(14)21)22-17(26)10-20/h4-9,11-12H,10,20H2,1-3H3,(H3,21,22,23,26)/t12-/m0/s1. The summed E-state index contributed by atoms with van der Waals surface area (Å²) in [5.41, 5.74) is 11.8. The van der Waals surface area contributed by atoms with Crippen LogP contribution in [0.1, 0.15) is 20.8 Å². The highest BCUT2D eigenvalue weighted by molar-refractivity contribution is 5.91. The molecular formula is C19H24N6O3. The van der Waals surface area contributed by atoms with Crippen molar-refractivity contribution in [2.75, 3.05) is 17.6 Å². The monoisotopic (exact) mass is 384 g/mol. The summed E-state index contributed by atoms with van der Waals surface area (Å²) in [5.74, 6) is -0.148. The number of carbonyl (C=O) groups excluding carboxylic acids is 2. The van der Waals surface area contributed by atoms with E-state index in [2.05, 4.69) is 20.5 Å². The van der Waals surface area contributed by atoms with E-state index in [9.17, 15) is 9.59 Å². The first kappa shape index (κ1) is 21.0. The number of aromatic nitrogens is 1. The molecular weight excluding hydrogens is 360 g/mol. The fraction of sp³-hybridized carbons (Fsp3) is 0.316. The predicted molar refractivity (Wildman–Crippen MR) is 107 cm³/mol. The van der Waals surface area contributed by atoms with Gasteiger partial charge in [0.2, 0.25) is 5.91 Å². The van der Waals surface area contributed by atoms with Crippen molar-refractivity contribution in [1.29, 1.82) is 0 Å². The maximum Gasteiger partial charge on any atom is 0.314 e.